The molecule has 0 fully saturated rings. The molecule has 1 rings (SSSR count). The van der Waals surface area contributed by atoms with Gasteiger partial charge in [0, 0.05) is 6.04 Å². The van der Waals surface area contributed by atoms with Crippen molar-refractivity contribution in [3.05, 3.63) is 11.3 Å². The van der Waals surface area contributed by atoms with Crippen molar-refractivity contribution in [3.63, 3.8) is 0 Å². The maximum Gasteiger partial charge on any atom is 0.239 e. The summed E-state index contributed by atoms with van der Waals surface area (Å²) in [5, 5.41) is 6.99. The lowest BCUT2D eigenvalue weighted by Gasteiger charge is -2.06. The van der Waals surface area contributed by atoms with Crippen LogP contribution in [0.2, 0.25) is 5.15 Å². The third-order valence-corrected chi connectivity index (χ3v) is 2.24. The van der Waals surface area contributed by atoms with Gasteiger partial charge < -0.3 is 5.32 Å². The van der Waals surface area contributed by atoms with E-state index in [9.17, 15) is 4.79 Å². The van der Waals surface area contributed by atoms with Gasteiger partial charge in [-0.15, -0.1) is 11.6 Å². The second-order valence-electron chi connectivity index (χ2n) is 3.07. The number of nitrogens with zero attached hydrogens (tertiary/aromatic N) is 2. The molecule has 0 saturated carbocycles. The van der Waals surface area contributed by atoms with E-state index in [1.807, 2.05) is 13.8 Å². The highest BCUT2D eigenvalue weighted by Gasteiger charge is 2.12. The summed E-state index contributed by atoms with van der Waals surface area (Å²) in [5.74, 6) is -0.389. The van der Waals surface area contributed by atoms with Crippen LogP contribution in [0.1, 0.15) is 19.9 Å². The Morgan fingerprint density at radius 3 is 2.79 bits per heavy atom. The van der Waals surface area contributed by atoms with E-state index in [1.165, 1.54) is 6.20 Å². The Kier molecular flexibility index (Phi) is 3.77. The lowest BCUT2D eigenvalue weighted by atomic mass is 10.4. The van der Waals surface area contributed by atoms with Gasteiger partial charge >= 0.3 is 0 Å². The summed E-state index contributed by atoms with van der Waals surface area (Å²) < 4.78 is 1.62. The van der Waals surface area contributed by atoms with Crippen molar-refractivity contribution in [3.8, 4) is 0 Å². The lowest BCUT2D eigenvalue weighted by Crippen LogP contribution is -2.12. The van der Waals surface area contributed by atoms with Crippen LogP contribution in [0.5, 0.6) is 0 Å². The summed E-state index contributed by atoms with van der Waals surface area (Å²) in [5.41, 5.74) is 0.492. The van der Waals surface area contributed by atoms with E-state index in [1.54, 1.807) is 4.68 Å². The molecule has 14 heavy (non-hydrogen) atoms. The van der Waals surface area contributed by atoms with Crippen LogP contribution < -0.4 is 5.32 Å². The molecule has 1 aromatic rings. The SMILES string of the molecule is CC(C)n1ncc(NC(=O)CCl)c1Cl. The predicted molar refractivity (Wildman–Crippen MR) is 57.0 cm³/mol. The number of alkyl halides is 1. The Morgan fingerprint density at radius 2 is 2.36 bits per heavy atom. The molecule has 0 aliphatic carbocycles. The quantitative estimate of drug-likeness (QED) is 0.818. The minimum absolute atomic E-state index is 0.0941. The molecule has 0 aromatic carbocycles. The van der Waals surface area contributed by atoms with Crippen molar-refractivity contribution < 1.29 is 4.79 Å². The van der Waals surface area contributed by atoms with E-state index < -0.39 is 0 Å². The maximum absolute atomic E-state index is 11.0. The molecular weight excluding hydrogens is 225 g/mol. The number of amides is 1. The molecule has 0 aliphatic heterocycles. The first kappa shape index (κ1) is 11.3. The number of anilines is 1. The number of carbonyl (C=O) groups is 1. The summed E-state index contributed by atoms with van der Waals surface area (Å²) >= 11 is 11.3. The number of hydrogen-bond donors (Lipinski definition) is 1. The minimum atomic E-state index is -0.295. The van der Waals surface area contributed by atoms with Gasteiger partial charge in [0.05, 0.1) is 11.9 Å². The van der Waals surface area contributed by atoms with Gasteiger partial charge in [-0.2, -0.15) is 5.10 Å². The normalized spacial score (nSPS) is 10.6. The van der Waals surface area contributed by atoms with Crippen LogP contribution in [0.15, 0.2) is 6.20 Å². The number of halogens is 2. The summed E-state index contributed by atoms with van der Waals surface area (Å²) in [6.45, 7) is 3.90. The van der Waals surface area contributed by atoms with Gasteiger partial charge in [0.25, 0.3) is 0 Å². The van der Waals surface area contributed by atoms with Crippen molar-refractivity contribution in [2.24, 2.45) is 0 Å². The van der Waals surface area contributed by atoms with E-state index in [2.05, 4.69) is 10.4 Å². The van der Waals surface area contributed by atoms with Gasteiger partial charge in [-0.1, -0.05) is 11.6 Å². The van der Waals surface area contributed by atoms with Crippen molar-refractivity contribution in [2.75, 3.05) is 11.2 Å². The van der Waals surface area contributed by atoms with E-state index in [0.29, 0.717) is 10.8 Å². The third-order valence-electron chi connectivity index (χ3n) is 1.62. The second kappa shape index (κ2) is 4.66. The Balaban J connectivity index is 2.84. The average molecular weight is 236 g/mol. The number of rotatable bonds is 3. The molecule has 1 heterocycles. The van der Waals surface area contributed by atoms with Gasteiger partial charge in [0.1, 0.15) is 5.88 Å². The van der Waals surface area contributed by atoms with Gasteiger partial charge in [0.15, 0.2) is 5.15 Å². The number of hydrogen-bond acceptors (Lipinski definition) is 2. The fraction of sp³-hybridized carbons (Fsp3) is 0.500. The topological polar surface area (TPSA) is 46.9 Å². The first-order valence-electron chi connectivity index (χ1n) is 4.15. The summed E-state index contributed by atoms with van der Waals surface area (Å²) in [7, 11) is 0. The Hall–Kier alpha value is -0.740. The van der Waals surface area contributed by atoms with Gasteiger partial charge in [-0.25, -0.2) is 4.68 Å². The zero-order valence-corrected chi connectivity index (χ0v) is 9.43. The van der Waals surface area contributed by atoms with Crippen LogP contribution in [-0.2, 0) is 4.79 Å². The molecule has 0 bridgehead atoms. The van der Waals surface area contributed by atoms with Crippen molar-refractivity contribution in [1.82, 2.24) is 9.78 Å². The summed E-state index contributed by atoms with van der Waals surface area (Å²) in [4.78, 5) is 11.0. The fourth-order valence-corrected chi connectivity index (χ4v) is 1.38. The van der Waals surface area contributed by atoms with Crippen molar-refractivity contribution >= 4 is 34.8 Å². The van der Waals surface area contributed by atoms with Crippen LogP contribution in [0, 0.1) is 0 Å². The molecule has 0 aliphatic rings. The molecular formula is C8H11Cl2N3O. The van der Waals surface area contributed by atoms with Gasteiger partial charge in [-0.05, 0) is 13.8 Å². The lowest BCUT2D eigenvalue weighted by molar-refractivity contribution is -0.113. The molecule has 0 atom stereocenters. The maximum atomic E-state index is 11.0. The molecule has 1 N–H and O–H groups in total. The third kappa shape index (κ3) is 2.39. The Labute approximate surface area is 92.2 Å². The van der Waals surface area contributed by atoms with E-state index >= 15 is 0 Å². The van der Waals surface area contributed by atoms with E-state index in [-0.39, 0.29) is 17.8 Å². The number of aromatic nitrogens is 2. The first-order valence-corrected chi connectivity index (χ1v) is 5.06. The molecule has 78 valence electrons. The van der Waals surface area contributed by atoms with E-state index in [4.69, 9.17) is 23.2 Å². The number of nitrogens with one attached hydrogen (secondary N) is 1. The number of carbonyl (C=O) groups excluding carboxylic acids is 1. The first-order chi connectivity index (χ1) is 6.56. The van der Waals surface area contributed by atoms with Gasteiger partial charge in [-0.3, -0.25) is 4.79 Å². The Morgan fingerprint density at radius 1 is 1.71 bits per heavy atom. The molecule has 0 radical (unpaired) electrons. The van der Waals surface area contributed by atoms with Crippen molar-refractivity contribution in [1.29, 1.82) is 0 Å². The average Bonchev–Trinajstić information content (AvgIpc) is 2.48. The minimum Gasteiger partial charge on any atom is -0.321 e. The van der Waals surface area contributed by atoms with Crippen molar-refractivity contribution in [2.45, 2.75) is 19.9 Å². The zero-order chi connectivity index (χ0) is 10.7. The Bertz CT molecular complexity index is 335. The molecule has 1 amide bonds. The molecule has 0 saturated heterocycles. The highest BCUT2D eigenvalue weighted by atomic mass is 35.5. The zero-order valence-electron chi connectivity index (χ0n) is 7.92. The van der Waals surface area contributed by atoms with E-state index in [0.717, 1.165) is 0 Å². The van der Waals surface area contributed by atoms with Crippen LogP contribution in [0.25, 0.3) is 0 Å². The van der Waals surface area contributed by atoms with Crippen LogP contribution in [-0.4, -0.2) is 21.6 Å². The highest BCUT2D eigenvalue weighted by molar-refractivity contribution is 6.33. The second-order valence-corrected chi connectivity index (χ2v) is 3.69. The standard InChI is InChI=1S/C8H11Cl2N3O/c1-5(2)13-8(10)6(4-11-13)12-7(14)3-9/h4-5H,3H2,1-2H3,(H,12,14). The predicted octanol–water partition coefficient (Wildman–Crippen LogP) is 2.29. The van der Waals surface area contributed by atoms with Gasteiger partial charge in [0.2, 0.25) is 5.91 Å². The summed E-state index contributed by atoms with van der Waals surface area (Å²) in [6, 6.07) is 0.157. The highest BCUT2D eigenvalue weighted by Crippen LogP contribution is 2.23. The largest absolute Gasteiger partial charge is 0.321 e. The molecule has 6 heteroatoms. The molecule has 0 spiro atoms. The summed E-state index contributed by atoms with van der Waals surface area (Å²) in [6.07, 6.45) is 1.51. The van der Waals surface area contributed by atoms with Crippen LogP contribution >= 0.6 is 23.2 Å². The monoisotopic (exact) mass is 235 g/mol. The van der Waals surface area contributed by atoms with Crippen LogP contribution in [0.3, 0.4) is 0 Å². The molecule has 1 aromatic heterocycles. The molecule has 4 nitrogen and oxygen atoms in total. The fourth-order valence-electron chi connectivity index (χ4n) is 0.975. The smallest absolute Gasteiger partial charge is 0.239 e. The molecule has 0 unspecified atom stereocenters. The van der Waals surface area contributed by atoms with Crippen LogP contribution in [0.4, 0.5) is 5.69 Å².